The minimum atomic E-state index is -0.457. The lowest BCUT2D eigenvalue weighted by molar-refractivity contribution is -0.145. The molecule has 0 bridgehead atoms. The maximum Gasteiger partial charge on any atom is 0.344 e. The van der Waals surface area contributed by atoms with E-state index in [-0.39, 0.29) is 12.2 Å². The molecule has 0 aliphatic heterocycles. The molecule has 5 heteroatoms. The summed E-state index contributed by atoms with van der Waals surface area (Å²) in [6.45, 7) is 1.82. The zero-order chi connectivity index (χ0) is 13.0. The van der Waals surface area contributed by atoms with E-state index in [4.69, 9.17) is 9.47 Å². The van der Waals surface area contributed by atoms with Gasteiger partial charge in [0.1, 0.15) is 5.75 Å². The fraction of sp³-hybridized carbons (Fsp3) is 0.231. The number of hydrogen-bond acceptors (Lipinski definition) is 4. The lowest BCUT2D eigenvalue weighted by atomic mass is 10.2. The van der Waals surface area contributed by atoms with Gasteiger partial charge in [-0.05, 0) is 19.1 Å². The van der Waals surface area contributed by atoms with Crippen molar-refractivity contribution < 1.29 is 14.3 Å². The van der Waals surface area contributed by atoms with Crippen molar-refractivity contribution in [3.63, 3.8) is 0 Å². The quantitative estimate of drug-likeness (QED) is 0.831. The number of para-hydroxylation sites is 1. The van der Waals surface area contributed by atoms with Crippen molar-refractivity contribution in [1.82, 2.24) is 4.98 Å². The van der Waals surface area contributed by atoms with E-state index in [0.29, 0.717) is 17.9 Å². The largest absolute Gasteiger partial charge is 0.481 e. The van der Waals surface area contributed by atoms with Gasteiger partial charge in [0.25, 0.3) is 5.56 Å². The topological polar surface area (TPSA) is 68.4 Å². The predicted molar refractivity (Wildman–Crippen MR) is 66.7 cm³/mol. The van der Waals surface area contributed by atoms with Gasteiger partial charge in [-0.1, -0.05) is 12.1 Å². The molecule has 5 nitrogen and oxygen atoms in total. The first kappa shape index (κ1) is 12.2. The molecule has 0 amide bonds. The molecule has 94 valence electrons. The summed E-state index contributed by atoms with van der Waals surface area (Å²) in [6, 6.07) is 8.55. The van der Waals surface area contributed by atoms with Crippen molar-refractivity contribution in [3.8, 4) is 5.75 Å². The molecule has 0 fully saturated rings. The van der Waals surface area contributed by atoms with Crippen LogP contribution in [0.15, 0.2) is 35.1 Å². The van der Waals surface area contributed by atoms with Gasteiger partial charge in [-0.3, -0.25) is 4.79 Å². The molecule has 0 saturated heterocycles. The van der Waals surface area contributed by atoms with E-state index in [1.54, 1.807) is 13.0 Å². The Morgan fingerprint density at radius 3 is 2.89 bits per heavy atom. The molecule has 0 aliphatic rings. The fourth-order valence-electron chi connectivity index (χ4n) is 1.63. The molecule has 0 spiro atoms. The number of pyridine rings is 1. The second-order valence-corrected chi connectivity index (χ2v) is 3.64. The van der Waals surface area contributed by atoms with Crippen LogP contribution in [0.25, 0.3) is 10.9 Å². The first-order chi connectivity index (χ1) is 8.70. The van der Waals surface area contributed by atoms with E-state index in [1.807, 2.05) is 18.2 Å². The number of aromatic amines is 1. The van der Waals surface area contributed by atoms with Gasteiger partial charge in [0.2, 0.25) is 0 Å². The molecule has 0 atom stereocenters. The fourth-order valence-corrected chi connectivity index (χ4v) is 1.63. The molecule has 18 heavy (non-hydrogen) atoms. The molecule has 2 aromatic rings. The first-order valence-corrected chi connectivity index (χ1v) is 5.61. The number of hydrogen-bond donors (Lipinski definition) is 1. The second-order valence-electron chi connectivity index (χ2n) is 3.64. The third-order valence-corrected chi connectivity index (χ3v) is 2.36. The van der Waals surface area contributed by atoms with Crippen LogP contribution in [-0.4, -0.2) is 24.2 Å². The molecule has 2 rings (SSSR count). The van der Waals surface area contributed by atoms with Crippen LogP contribution in [0.4, 0.5) is 0 Å². The molecule has 1 aromatic heterocycles. The number of nitrogens with one attached hydrogen (secondary N) is 1. The normalized spacial score (nSPS) is 10.3. The van der Waals surface area contributed by atoms with Gasteiger partial charge >= 0.3 is 5.97 Å². The number of benzene rings is 1. The summed E-state index contributed by atoms with van der Waals surface area (Å²) < 4.78 is 10.1. The maximum atomic E-state index is 11.4. The number of ether oxygens (including phenoxy) is 2. The number of aromatic nitrogens is 1. The van der Waals surface area contributed by atoms with Gasteiger partial charge in [-0.2, -0.15) is 0 Å². The van der Waals surface area contributed by atoms with Gasteiger partial charge in [0.05, 0.1) is 12.1 Å². The van der Waals surface area contributed by atoms with Gasteiger partial charge in [-0.25, -0.2) is 4.79 Å². The molecule has 1 N–H and O–H groups in total. The van der Waals surface area contributed by atoms with Crippen molar-refractivity contribution in [1.29, 1.82) is 0 Å². The number of carbonyl (C=O) groups excluding carboxylic acids is 1. The van der Waals surface area contributed by atoms with Crippen LogP contribution in [0.5, 0.6) is 5.75 Å². The molecule has 0 radical (unpaired) electrons. The number of carbonyl (C=O) groups is 1. The Labute approximate surface area is 103 Å². The molecule has 1 heterocycles. The van der Waals surface area contributed by atoms with Crippen LogP contribution in [0.1, 0.15) is 6.92 Å². The Morgan fingerprint density at radius 2 is 2.11 bits per heavy atom. The molecule has 0 aliphatic carbocycles. The highest BCUT2D eigenvalue weighted by atomic mass is 16.6. The van der Waals surface area contributed by atoms with E-state index in [2.05, 4.69) is 4.98 Å². The van der Waals surface area contributed by atoms with Gasteiger partial charge in [0.15, 0.2) is 6.61 Å². The minimum absolute atomic E-state index is 0.207. The highest BCUT2D eigenvalue weighted by molar-refractivity contribution is 5.85. The van der Waals surface area contributed by atoms with E-state index in [1.165, 1.54) is 6.07 Å². The maximum absolute atomic E-state index is 11.4. The standard InChI is InChI=1S/C13H13NO4/c1-2-17-13(16)8-18-11-7-12(15)14-10-6-4-3-5-9(10)11/h3-7H,2,8H2,1H3,(H,14,15). The van der Waals surface area contributed by atoms with Crippen molar-refractivity contribution >= 4 is 16.9 Å². The number of rotatable bonds is 4. The second kappa shape index (κ2) is 5.35. The van der Waals surface area contributed by atoms with Crippen LogP contribution in [0.2, 0.25) is 0 Å². The number of H-pyrrole nitrogens is 1. The van der Waals surface area contributed by atoms with E-state index in [9.17, 15) is 9.59 Å². The minimum Gasteiger partial charge on any atom is -0.481 e. The molecular formula is C13H13NO4. The van der Waals surface area contributed by atoms with Crippen LogP contribution < -0.4 is 10.3 Å². The van der Waals surface area contributed by atoms with Crippen LogP contribution in [-0.2, 0) is 9.53 Å². The third-order valence-electron chi connectivity index (χ3n) is 2.36. The Morgan fingerprint density at radius 1 is 1.33 bits per heavy atom. The summed E-state index contributed by atoms with van der Waals surface area (Å²) in [6.07, 6.45) is 0. The Bertz CT molecular complexity index is 618. The summed E-state index contributed by atoms with van der Waals surface area (Å²) in [5.41, 5.74) is 0.399. The van der Waals surface area contributed by atoms with E-state index in [0.717, 1.165) is 5.39 Å². The lowest BCUT2D eigenvalue weighted by Crippen LogP contribution is -2.16. The third kappa shape index (κ3) is 2.68. The van der Waals surface area contributed by atoms with Gasteiger partial charge in [-0.15, -0.1) is 0 Å². The van der Waals surface area contributed by atoms with Crippen LogP contribution >= 0.6 is 0 Å². The highest BCUT2D eigenvalue weighted by Gasteiger charge is 2.07. The van der Waals surface area contributed by atoms with Crippen LogP contribution in [0.3, 0.4) is 0 Å². The van der Waals surface area contributed by atoms with Crippen molar-refractivity contribution in [2.24, 2.45) is 0 Å². The first-order valence-electron chi connectivity index (χ1n) is 5.61. The Hall–Kier alpha value is -2.30. The molecule has 1 aromatic carbocycles. The summed E-state index contributed by atoms with van der Waals surface area (Å²) >= 11 is 0. The summed E-state index contributed by atoms with van der Waals surface area (Å²) in [5, 5.41) is 0.751. The zero-order valence-electron chi connectivity index (χ0n) is 9.93. The molecule has 0 saturated carbocycles. The average molecular weight is 247 g/mol. The summed E-state index contributed by atoms with van der Waals surface area (Å²) in [4.78, 5) is 25.3. The van der Waals surface area contributed by atoms with Gasteiger partial charge < -0.3 is 14.5 Å². The Balaban J connectivity index is 2.27. The van der Waals surface area contributed by atoms with E-state index >= 15 is 0 Å². The van der Waals surface area contributed by atoms with Crippen molar-refractivity contribution in [3.05, 3.63) is 40.7 Å². The number of fused-ring (bicyclic) bond motifs is 1. The van der Waals surface area contributed by atoms with Gasteiger partial charge in [0, 0.05) is 11.5 Å². The lowest BCUT2D eigenvalue weighted by Gasteiger charge is -2.08. The zero-order valence-corrected chi connectivity index (χ0v) is 9.93. The van der Waals surface area contributed by atoms with Crippen molar-refractivity contribution in [2.75, 3.05) is 13.2 Å². The average Bonchev–Trinajstić information content (AvgIpc) is 2.36. The molecule has 0 unspecified atom stereocenters. The van der Waals surface area contributed by atoms with E-state index < -0.39 is 5.97 Å². The summed E-state index contributed by atoms with van der Waals surface area (Å²) in [5.74, 6) is -0.0794. The van der Waals surface area contributed by atoms with Crippen LogP contribution in [0, 0.1) is 0 Å². The monoisotopic (exact) mass is 247 g/mol. The Kier molecular flexibility index (Phi) is 3.62. The highest BCUT2D eigenvalue weighted by Crippen LogP contribution is 2.21. The smallest absolute Gasteiger partial charge is 0.344 e. The summed E-state index contributed by atoms with van der Waals surface area (Å²) in [7, 11) is 0. The molecular weight excluding hydrogens is 234 g/mol. The van der Waals surface area contributed by atoms with Crippen molar-refractivity contribution in [2.45, 2.75) is 6.92 Å². The predicted octanol–water partition coefficient (Wildman–Crippen LogP) is 1.47. The SMILES string of the molecule is CCOC(=O)COc1cc(=O)[nH]c2ccccc12. The number of esters is 1.